The topological polar surface area (TPSA) is 46.0 Å². The first-order valence-electron chi connectivity index (χ1n) is 7.81. The molecule has 0 unspecified atom stereocenters. The molecule has 1 aromatic carbocycles. The molecule has 2 heterocycles. The molecule has 1 fully saturated rings. The summed E-state index contributed by atoms with van der Waals surface area (Å²) in [6.07, 6.45) is 4.42. The summed E-state index contributed by atoms with van der Waals surface area (Å²) in [4.78, 5) is 9.31. The second-order valence-electron chi connectivity index (χ2n) is 6.06. The van der Waals surface area contributed by atoms with Crippen LogP contribution in [0.1, 0.15) is 37.1 Å². The fraction of sp³-hybridized carbons (Fsp3) is 0.263. The standard InChI is InChI=1S/C19H18N2O/c22-18-9-5-8-16(21-18)19(12-3-4-13-19)17-11-10-14-6-1-2-7-15(14)20-17/h1-2,5-11H,3-4,12-13H2,(H,21,22). The Balaban J connectivity index is 1.90. The molecule has 3 heteroatoms. The van der Waals surface area contributed by atoms with E-state index in [0.717, 1.165) is 35.1 Å². The molecule has 0 spiro atoms. The Kier molecular flexibility index (Phi) is 3.07. The van der Waals surface area contributed by atoms with Crippen LogP contribution in [0.4, 0.5) is 0 Å². The number of pyridine rings is 2. The van der Waals surface area contributed by atoms with Gasteiger partial charge in [-0.1, -0.05) is 43.2 Å². The Bertz CT molecular complexity index is 822. The van der Waals surface area contributed by atoms with Gasteiger partial charge in [-0.2, -0.15) is 0 Å². The summed E-state index contributed by atoms with van der Waals surface area (Å²) in [6.45, 7) is 0. The van der Waals surface area contributed by atoms with E-state index in [1.807, 2.05) is 24.3 Å². The highest BCUT2D eigenvalue weighted by Crippen LogP contribution is 2.45. The smallest absolute Gasteiger partial charge is 0.210 e. The predicted molar refractivity (Wildman–Crippen MR) is 86.9 cm³/mol. The molecule has 0 amide bonds. The first-order chi connectivity index (χ1) is 10.8. The number of fused-ring (bicyclic) bond motifs is 1. The van der Waals surface area contributed by atoms with Crippen LogP contribution in [-0.2, 0) is 5.41 Å². The van der Waals surface area contributed by atoms with Gasteiger partial charge in [-0.3, -0.25) is 4.98 Å². The van der Waals surface area contributed by atoms with Gasteiger partial charge in [-0.25, -0.2) is 4.98 Å². The molecule has 4 rings (SSSR count). The summed E-state index contributed by atoms with van der Waals surface area (Å²) in [6, 6.07) is 18.0. The lowest BCUT2D eigenvalue weighted by Crippen LogP contribution is -2.26. The van der Waals surface area contributed by atoms with Crippen molar-refractivity contribution in [3.8, 4) is 5.88 Å². The van der Waals surface area contributed by atoms with Crippen LogP contribution in [0.15, 0.2) is 54.6 Å². The number of hydrogen-bond acceptors (Lipinski definition) is 3. The predicted octanol–water partition coefficient (Wildman–Crippen LogP) is 4.20. The number of aromatic hydroxyl groups is 1. The molecule has 0 saturated heterocycles. The van der Waals surface area contributed by atoms with Gasteiger partial charge in [0.15, 0.2) is 0 Å². The van der Waals surface area contributed by atoms with Gasteiger partial charge in [-0.05, 0) is 31.0 Å². The van der Waals surface area contributed by atoms with Crippen LogP contribution in [-0.4, -0.2) is 15.1 Å². The molecule has 0 aliphatic heterocycles. The molecule has 1 aliphatic rings. The second-order valence-corrected chi connectivity index (χ2v) is 6.06. The number of para-hydroxylation sites is 1. The lowest BCUT2D eigenvalue weighted by atomic mass is 9.78. The number of nitrogens with zero attached hydrogens (tertiary/aromatic N) is 2. The zero-order chi connectivity index (χ0) is 15.0. The summed E-state index contributed by atoms with van der Waals surface area (Å²) in [5.41, 5.74) is 2.86. The second kappa shape index (κ2) is 5.09. The molecule has 1 saturated carbocycles. The van der Waals surface area contributed by atoms with Gasteiger partial charge in [0, 0.05) is 11.5 Å². The van der Waals surface area contributed by atoms with Gasteiger partial charge in [0.2, 0.25) is 5.88 Å². The SMILES string of the molecule is Oc1cccc(C2(c3ccc4ccccc4n3)CCCC2)n1. The average Bonchev–Trinajstić information content (AvgIpc) is 3.05. The summed E-state index contributed by atoms with van der Waals surface area (Å²) in [5.74, 6) is 0.0876. The van der Waals surface area contributed by atoms with Crippen molar-refractivity contribution in [1.29, 1.82) is 0 Å². The van der Waals surface area contributed by atoms with Gasteiger partial charge in [0.25, 0.3) is 0 Å². The molecule has 110 valence electrons. The van der Waals surface area contributed by atoms with E-state index in [4.69, 9.17) is 4.98 Å². The average molecular weight is 290 g/mol. The molecule has 22 heavy (non-hydrogen) atoms. The minimum atomic E-state index is -0.164. The fourth-order valence-electron chi connectivity index (χ4n) is 3.64. The van der Waals surface area contributed by atoms with Gasteiger partial charge in [0.1, 0.15) is 0 Å². The fourth-order valence-corrected chi connectivity index (χ4v) is 3.64. The maximum Gasteiger partial charge on any atom is 0.210 e. The first kappa shape index (κ1) is 13.3. The van der Waals surface area contributed by atoms with Crippen LogP contribution < -0.4 is 0 Å². The third-order valence-corrected chi connectivity index (χ3v) is 4.77. The van der Waals surface area contributed by atoms with Crippen molar-refractivity contribution < 1.29 is 5.11 Å². The molecule has 0 atom stereocenters. The van der Waals surface area contributed by atoms with Crippen molar-refractivity contribution in [2.75, 3.05) is 0 Å². The normalized spacial score (nSPS) is 16.9. The first-order valence-corrected chi connectivity index (χ1v) is 7.81. The number of hydrogen-bond donors (Lipinski definition) is 1. The molecule has 1 N–H and O–H groups in total. The minimum absolute atomic E-state index is 0.0876. The third-order valence-electron chi connectivity index (χ3n) is 4.77. The summed E-state index contributed by atoms with van der Waals surface area (Å²) >= 11 is 0. The van der Waals surface area contributed by atoms with Gasteiger partial charge < -0.3 is 5.11 Å². The lowest BCUT2D eigenvalue weighted by Gasteiger charge is -2.28. The summed E-state index contributed by atoms with van der Waals surface area (Å²) in [5, 5.41) is 10.9. The highest BCUT2D eigenvalue weighted by Gasteiger charge is 2.40. The minimum Gasteiger partial charge on any atom is -0.493 e. The van der Waals surface area contributed by atoms with E-state index in [1.54, 1.807) is 6.07 Å². The van der Waals surface area contributed by atoms with E-state index < -0.39 is 0 Å². The zero-order valence-corrected chi connectivity index (χ0v) is 12.4. The van der Waals surface area contributed by atoms with Crippen LogP contribution in [0.3, 0.4) is 0 Å². The quantitative estimate of drug-likeness (QED) is 0.769. The Morgan fingerprint density at radius 2 is 1.55 bits per heavy atom. The Hall–Kier alpha value is -2.42. The van der Waals surface area contributed by atoms with Gasteiger partial charge in [-0.15, -0.1) is 0 Å². The molecule has 1 aliphatic carbocycles. The van der Waals surface area contributed by atoms with Crippen LogP contribution in [0, 0.1) is 0 Å². The lowest BCUT2D eigenvalue weighted by molar-refractivity contribution is 0.435. The van der Waals surface area contributed by atoms with Crippen LogP contribution in [0.5, 0.6) is 5.88 Å². The maximum absolute atomic E-state index is 9.77. The van der Waals surface area contributed by atoms with Crippen molar-refractivity contribution in [1.82, 2.24) is 9.97 Å². The zero-order valence-electron chi connectivity index (χ0n) is 12.4. The van der Waals surface area contributed by atoms with E-state index in [-0.39, 0.29) is 11.3 Å². The van der Waals surface area contributed by atoms with Crippen molar-refractivity contribution in [3.05, 3.63) is 66.0 Å². The monoisotopic (exact) mass is 290 g/mol. The van der Waals surface area contributed by atoms with E-state index in [0.29, 0.717) is 0 Å². The van der Waals surface area contributed by atoms with Crippen molar-refractivity contribution in [2.45, 2.75) is 31.1 Å². The van der Waals surface area contributed by atoms with Gasteiger partial charge >= 0.3 is 0 Å². The van der Waals surface area contributed by atoms with E-state index >= 15 is 0 Å². The number of benzene rings is 1. The molecule has 2 aromatic heterocycles. The summed E-state index contributed by atoms with van der Waals surface area (Å²) in [7, 11) is 0. The molecular weight excluding hydrogens is 272 g/mol. The van der Waals surface area contributed by atoms with E-state index in [1.165, 1.54) is 12.8 Å². The van der Waals surface area contributed by atoms with Crippen LogP contribution in [0.25, 0.3) is 10.9 Å². The highest BCUT2D eigenvalue weighted by molar-refractivity contribution is 5.78. The van der Waals surface area contributed by atoms with Crippen LogP contribution >= 0.6 is 0 Å². The summed E-state index contributed by atoms with van der Waals surface area (Å²) < 4.78 is 0. The van der Waals surface area contributed by atoms with Crippen LogP contribution in [0.2, 0.25) is 0 Å². The molecule has 3 aromatic rings. The molecule has 3 nitrogen and oxygen atoms in total. The highest BCUT2D eigenvalue weighted by atomic mass is 16.3. The van der Waals surface area contributed by atoms with Crippen molar-refractivity contribution in [2.24, 2.45) is 0 Å². The van der Waals surface area contributed by atoms with E-state index in [9.17, 15) is 5.11 Å². The maximum atomic E-state index is 9.77. The molecular formula is C19H18N2O. The number of rotatable bonds is 2. The van der Waals surface area contributed by atoms with Gasteiger partial charge in [0.05, 0.1) is 22.3 Å². The molecule has 0 bridgehead atoms. The largest absolute Gasteiger partial charge is 0.493 e. The van der Waals surface area contributed by atoms with E-state index in [2.05, 4.69) is 29.2 Å². The molecule has 0 radical (unpaired) electrons. The van der Waals surface area contributed by atoms with Crippen molar-refractivity contribution in [3.63, 3.8) is 0 Å². The van der Waals surface area contributed by atoms with Crippen molar-refractivity contribution >= 4 is 10.9 Å². The Morgan fingerprint density at radius 1 is 0.773 bits per heavy atom. The third kappa shape index (κ3) is 2.05. The number of aromatic nitrogens is 2. The Labute approximate surface area is 129 Å². The Morgan fingerprint density at radius 3 is 2.36 bits per heavy atom.